The highest BCUT2D eigenvalue weighted by Crippen LogP contribution is 2.19. The molecule has 0 aromatic heterocycles. The maximum absolute atomic E-state index is 5.80. The Morgan fingerprint density at radius 1 is 0.514 bits per heavy atom. The third kappa shape index (κ3) is 21.3. The van der Waals surface area contributed by atoms with Gasteiger partial charge in [0.2, 0.25) is 0 Å². The highest BCUT2D eigenvalue weighted by molar-refractivity contribution is 5.51. The zero-order chi connectivity index (χ0) is 25.1. The van der Waals surface area contributed by atoms with Gasteiger partial charge in [0.15, 0.2) is 0 Å². The van der Waals surface area contributed by atoms with Crippen molar-refractivity contribution in [2.24, 2.45) is 0 Å². The van der Waals surface area contributed by atoms with Gasteiger partial charge in [-0.15, -0.1) is 6.58 Å². The standard InChI is InChI=1S/C25H43NO9/c1-2-7-27-8-9-28-10-11-29-12-13-30-14-15-31-16-17-32-18-19-33-20-21-34-22-23-35-25-6-4-3-5-24(25)26/h2-6H,1,7-23,26H2. The van der Waals surface area contributed by atoms with Gasteiger partial charge in [0.05, 0.1) is 111 Å². The fourth-order valence-electron chi connectivity index (χ4n) is 2.53. The van der Waals surface area contributed by atoms with Crippen LogP contribution in [0.1, 0.15) is 0 Å². The smallest absolute Gasteiger partial charge is 0.142 e. The molecule has 1 rings (SSSR count). The van der Waals surface area contributed by atoms with Gasteiger partial charge in [0.25, 0.3) is 0 Å². The minimum absolute atomic E-state index is 0.444. The van der Waals surface area contributed by atoms with E-state index in [1.165, 1.54) is 0 Å². The van der Waals surface area contributed by atoms with Crippen LogP contribution in [0, 0.1) is 0 Å². The summed E-state index contributed by atoms with van der Waals surface area (Å²) < 4.78 is 48.7. The molecule has 0 spiro atoms. The number of rotatable bonds is 27. The zero-order valence-corrected chi connectivity index (χ0v) is 20.9. The molecule has 0 atom stereocenters. The second-order valence-electron chi connectivity index (χ2n) is 7.04. The molecule has 10 nitrogen and oxygen atoms in total. The van der Waals surface area contributed by atoms with Crippen LogP contribution >= 0.6 is 0 Å². The van der Waals surface area contributed by atoms with Gasteiger partial charge in [-0.3, -0.25) is 0 Å². The van der Waals surface area contributed by atoms with Crippen molar-refractivity contribution >= 4 is 5.69 Å². The molecule has 0 unspecified atom stereocenters. The topological polar surface area (TPSA) is 109 Å². The summed E-state index contributed by atoms with van der Waals surface area (Å²) in [5.74, 6) is 0.672. The molecule has 0 amide bonds. The largest absolute Gasteiger partial charge is 0.489 e. The van der Waals surface area contributed by atoms with E-state index in [1.807, 2.05) is 18.2 Å². The summed E-state index contributed by atoms with van der Waals surface area (Å²) in [6.45, 7) is 12.4. The van der Waals surface area contributed by atoms with Crippen molar-refractivity contribution in [1.82, 2.24) is 0 Å². The highest BCUT2D eigenvalue weighted by atomic mass is 16.6. The monoisotopic (exact) mass is 501 g/mol. The molecule has 0 bridgehead atoms. The molecular weight excluding hydrogens is 458 g/mol. The van der Waals surface area contributed by atoms with Crippen LogP contribution in [0.3, 0.4) is 0 Å². The van der Waals surface area contributed by atoms with E-state index in [1.54, 1.807) is 12.1 Å². The van der Waals surface area contributed by atoms with Crippen LogP contribution in [-0.2, 0) is 37.9 Å². The Labute approximate surface area is 209 Å². The van der Waals surface area contributed by atoms with Crippen LogP contribution in [0.5, 0.6) is 5.75 Å². The first-order valence-corrected chi connectivity index (χ1v) is 12.0. The number of hydrogen-bond acceptors (Lipinski definition) is 10. The molecular formula is C25H43NO9. The molecule has 10 heteroatoms. The van der Waals surface area contributed by atoms with E-state index in [-0.39, 0.29) is 0 Å². The lowest BCUT2D eigenvalue weighted by Crippen LogP contribution is -2.15. The Hall–Kier alpha value is -1.76. The first-order valence-electron chi connectivity index (χ1n) is 12.0. The van der Waals surface area contributed by atoms with E-state index in [2.05, 4.69) is 6.58 Å². The zero-order valence-electron chi connectivity index (χ0n) is 20.9. The number of anilines is 1. The van der Waals surface area contributed by atoms with E-state index < -0.39 is 0 Å². The quantitative estimate of drug-likeness (QED) is 0.109. The van der Waals surface area contributed by atoms with Crippen molar-refractivity contribution in [3.63, 3.8) is 0 Å². The number of ether oxygens (including phenoxy) is 9. The molecule has 2 N–H and O–H groups in total. The van der Waals surface area contributed by atoms with Gasteiger partial charge < -0.3 is 48.4 Å². The van der Waals surface area contributed by atoms with Crippen molar-refractivity contribution in [3.8, 4) is 5.75 Å². The number of para-hydroxylation sites is 2. The summed E-state index contributed by atoms with van der Waals surface area (Å²) >= 11 is 0. The first-order chi connectivity index (χ1) is 17.3. The molecule has 1 aromatic carbocycles. The molecule has 0 aliphatic carbocycles. The number of nitrogens with two attached hydrogens (primary N) is 1. The normalized spacial score (nSPS) is 11.1. The third-order valence-corrected chi connectivity index (χ3v) is 4.24. The Kier molecular flexibility index (Phi) is 22.6. The Bertz CT molecular complexity index is 592. The predicted octanol–water partition coefficient (Wildman–Crippen LogP) is 1.97. The molecule has 0 aliphatic rings. The van der Waals surface area contributed by atoms with Crippen LogP contribution in [-0.4, -0.2) is 112 Å². The molecule has 35 heavy (non-hydrogen) atoms. The maximum atomic E-state index is 5.80. The molecule has 0 heterocycles. The predicted molar refractivity (Wildman–Crippen MR) is 133 cm³/mol. The molecule has 0 saturated heterocycles. The molecule has 0 fully saturated rings. The third-order valence-electron chi connectivity index (χ3n) is 4.24. The SMILES string of the molecule is C=CCOCCOCCOCCOCCOCCOCCOCCOCCOc1ccccc1N. The van der Waals surface area contributed by atoms with E-state index in [0.29, 0.717) is 124 Å². The first kappa shape index (κ1) is 31.3. The average Bonchev–Trinajstić information content (AvgIpc) is 2.87. The fourth-order valence-corrected chi connectivity index (χ4v) is 2.53. The van der Waals surface area contributed by atoms with Crippen LogP contribution in [0.4, 0.5) is 5.69 Å². The van der Waals surface area contributed by atoms with Gasteiger partial charge in [-0.05, 0) is 12.1 Å². The van der Waals surface area contributed by atoms with Crippen molar-refractivity contribution in [1.29, 1.82) is 0 Å². The Morgan fingerprint density at radius 2 is 0.857 bits per heavy atom. The lowest BCUT2D eigenvalue weighted by molar-refractivity contribution is -0.0231. The summed E-state index contributed by atoms with van der Waals surface area (Å²) in [5, 5.41) is 0. The minimum Gasteiger partial charge on any atom is -0.489 e. The van der Waals surface area contributed by atoms with Crippen LogP contribution < -0.4 is 10.5 Å². The number of hydrogen-bond donors (Lipinski definition) is 1. The highest BCUT2D eigenvalue weighted by Gasteiger charge is 1.98. The Balaban J connectivity index is 1.66. The lowest BCUT2D eigenvalue weighted by Gasteiger charge is -2.09. The van der Waals surface area contributed by atoms with Gasteiger partial charge >= 0.3 is 0 Å². The second-order valence-corrected chi connectivity index (χ2v) is 7.04. The van der Waals surface area contributed by atoms with Crippen molar-refractivity contribution in [2.75, 3.05) is 118 Å². The van der Waals surface area contributed by atoms with Gasteiger partial charge in [0, 0.05) is 0 Å². The van der Waals surface area contributed by atoms with Gasteiger partial charge in [-0.25, -0.2) is 0 Å². The van der Waals surface area contributed by atoms with Crippen LogP contribution in [0.2, 0.25) is 0 Å². The Morgan fingerprint density at radius 3 is 1.23 bits per heavy atom. The van der Waals surface area contributed by atoms with Crippen LogP contribution in [0.15, 0.2) is 36.9 Å². The molecule has 1 aromatic rings. The van der Waals surface area contributed by atoms with Crippen molar-refractivity contribution in [2.45, 2.75) is 0 Å². The lowest BCUT2D eigenvalue weighted by atomic mass is 10.3. The summed E-state index contributed by atoms with van der Waals surface area (Å²) in [6.07, 6.45) is 1.71. The van der Waals surface area contributed by atoms with Crippen molar-refractivity contribution in [3.05, 3.63) is 36.9 Å². The average molecular weight is 502 g/mol. The van der Waals surface area contributed by atoms with Gasteiger partial charge in [0.1, 0.15) is 12.4 Å². The number of nitrogen functional groups attached to an aromatic ring is 1. The second kappa shape index (κ2) is 25.3. The maximum Gasteiger partial charge on any atom is 0.142 e. The molecule has 202 valence electrons. The van der Waals surface area contributed by atoms with E-state index in [4.69, 9.17) is 48.4 Å². The van der Waals surface area contributed by atoms with Crippen LogP contribution in [0.25, 0.3) is 0 Å². The molecule has 0 saturated carbocycles. The summed E-state index contributed by atoms with van der Waals surface area (Å²) in [7, 11) is 0. The van der Waals surface area contributed by atoms with Gasteiger partial charge in [-0.2, -0.15) is 0 Å². The number of benzene rings is 1. The van der Waals surface area contributed by atoms with E-state index >= 15 is 0 Å². The summed E-state index contributed by atoms with van der Waals surface area (Å²) in [4.78, 5) is 0. The summed E-state index contributed by atoms with van der Waals surface area (Å²) in [5.41, 5.74) is 6.42. The fraction of sp³-hybridized carbons (Fsp3) is 0.680. The molecule has 0 radical (unpaired) electrons. The minimum atomic E-state index is 0.444. The van der Waals surface area contributed by atoms with E-state index in [0.717, 1.165) is 0 Å². The van der Waals surface area contributed by atoms with Gasteiger partial charge in [-0.1, -0.05) is 18.2 Å². The van der Waals surface area contributed by atoms with Crippen molar-refractivity contribution < 1.29 is 42.6 Å². The summed E-state index contributed by atoms with van der Waals surface area (Å²) in [6, 6.07) is 7.38. The van der Waals surface area contributed by atoms with E-state index in [9.17, 15) is 0 Å². The molecule has 0 aliphatic heterocycles.